The van der Waals surface area contributed by atoms with Gasteiger partial charge in [0.2, 0.25) is 0 Å². The van der Waals surface area contributed by atoms with E-state index in [2.05, 4.69) is 20.8 Å². The number of methoxy groups -OCH3 is 1. The third kappa shape index (κ3) is 5.85. The summed E-state index contributed by atoms with van der Waals surface area (Å²) in [7, 11) is 1.49. The van der Waals surface area contributed by atoms with Gasteiger partial charge < -0.3 is 25.2 Å². The van der Waals surface area contributed by atoms with E-state index >= 15 is 0 Å². The maximum atomic E-state index is 11.6. The first-order valence-corrected chi connectivity index (χ1v) is 15.7. The highest BCUT2D eigenvalue weighted by Gasteiger charge is 2.61. The predicted octanol–water partition coefficient (Wildman–Crippen LogP) is 5.79. The molecular weight excluding hydrogens is 480 g/mol. The van der Waals surface area contributed by atoms with Crippen LogP contribution in [0.15, 0.2) is 0 Å². The van der Waals surface area contributed by atoms with Gasteiger partial charge in [-0.05, 0) is 111 Å². The second kappa shape index (κ2) is 11.3. The van der Waals surface area contributed by atoms with E-state index in [0.717, 1.165) is 62.2 Å². The van der Waals surface area contributed by atoms with Gasteiger partial charge in [-0.25, -0.2) is 0 Å². The molecule has 0 heterocycles. The van der Waals surface area contributed by atoms with Gasteiger partial charge in [-0.15, -0.1) is 0 Å². The first-order chi connectivity index (χ1) is 17.7. The van der Waals surface area contributed by atoms with Crippen molar-refractivity contribution < 1.29 is 30.0 Å². The first-order valence-electron chi connectivity index (χ1n) is 15.7. The van der Waals surface area contributed by atoms with E-state index in [4.69, 9.17) is 4.74 Å². The zero-order valence-corrected chi connectivity index (χ0v) is 24.8. The van der Waals surface area contributed by atoms with Crippen molar-refractivity contribution in [2.75, 3.05) is 7.11 Å². The molecule has 5 aliphatic carbocycles. The third-order valence-electron chi connectivity index (χ3n) is 12.7. The number of esters is 1. The van der Waals surface area contributed by atoms with Crippen LogP contribution in [0.3, 0.4) is 0 Å². The average molecular weight is 537 g/mol. The molecule has 0 radical (unpaired) electrons. The van der Waals surface area contributed by atoms with Gasteiger partial charge in [-0.2, -0.15) is 0 Å². The van der Waals surface area contributed by atoms with E-state index in [1.807, 2.05) is 6.92 Å². The summed E-state index contributed by atoms with van der Waals surface area (Å²) in [4.78, 5) is 11.6. The molecule has 5 rings (SSSR count). The molecule has 6 nitrogen and oxygen atoms in total. The summed E-state index contributed by atoms with van der Waals surface area (Å²) in [6, 6.07) is 0. The lowest BCUT2D eigenvalue weighted by molar-refractivity contribution is -0.233. The summed E-state index contributed by atoms with van der Waals surface area (Å²) >= 11 is 0. The molecule has 38 heavy (non-hydrogen) atoms. The Morgan fingerprint density at radius 2 is 1.58 bits per heavy atom. The van der Waals surface area contributed by atoms with Gasteiger partial charge in [-0.3, -0.25) is 4.79 Å². The zero-order valence-electron chi connectivity index (χ0n) is 24.8. The van der Waals surface area contributed by atoms with Crippen molar-refractivity contribution in [3.8, 4) is 0 Å². The average Bonchev–Trinajstić information content (AvgIpc) is 3.22. The summed E-state index contributed by atoms with van der Waals surface area (Å²) < 4.78 is 4.87. The maximum absolute atomic E-state index is 11.6. The van der Waals surface area contributed by atoms with Gasteiger partial charge in [0.05, 0.1) is 7.11 Å². The highest BCUT2D eigenvalue weighted by Crippen LogP contribution is 2.68. The van der Waals surface area contributed by atoms with E-state index in [1.54, 1.807) is 0 Å². The number of ether oxygens (including phenoxy) is 1. The Morgan fingerprint density at radius 3 is 2.21 bits per heavy atom. The van der Waals surface area contributed by atoms with Crippen LogP contribution in [0.4, 0.5) is 0 Å². The van der Waals surface area contributed by atoms with E-state index in [9.17, 15) is 25.2 Å². The summed E-state index contributed by atoms with van der Waals surface area (Å²) in [5.74, 6) is 1.30. The molecule has 5 saturated carbocycles. The van der Waals surface area contributed by atoms with Gasteiger partial charge in [0.15, 0.2) is 11.6 Å². The lowest BCUT2D eigenvalue weighted by atomic mass is 9.44. The van der Waals surface area contributed by atoms with Crippen molar-refractivity contribution in [1.29, 1.82) is 0 Å². The molecule has 0 aromatic carbocycles. The van der Waals surface area contributed by atoms with Crippen LogP contribution in [0.2, 0.25) is 0 Å². The Hall–Kier alpha value is -0.690. The monoisotopic (exact) mass is 536 g/mol. The summed E-state index contributed by atoms with van der Waals surface area (Å²) in [5, 5.41) is 38.9. The smallest absolute Gasteiger partial charge is 0.305 e. The molecule has 9 atom stereocenters. The second-order valence-corrected chi connectivity index (χ2v) is 14.7. The summed E-state index contributed by atoms with van der Waals surface area (Å²) in [6.45, 7) is 9.27. The maximum Gasteiger partial charge on any atom is 0.305 e. The molecule has 4 N–H and O–H groups in total. The highest BCUT2D eigenvalue weighted by atomic mass is 16.5. The zero-order chi connectivity index (χ0) is 27.9. The third-order valence-corrected chi connectivity index (χ3v) is 12.7. The fraction of sp³-hybridized carbons (Fsp3) is 0.969. The fourth-order valence-electron chi connectivity index (χ4n) is 10.2. The topological polar surface area (TPSA) is 107 Å². The predicted molar refractivity (Wildman–Crippen MR) is 148 cm³/mol. The van der Waals surface area contributed by atoms with Crippen LogP contribution >= 0.6 is 0 Å². The molecule has 6 heteroatoms. The Morgan fingerprint density at radius 1 is 0.868 bits per heavy atom. The molecule has 0 aromatic heterocycles. The molecule has 5 aliphatic rings. The molecule has 0 spiro atoms. The number of carbonyl (C=O) groups is 1. The SMILES string of the molecule is CC1CCCCC1(O)O.COC(=O)CCC(C)C1CCC2C3CCC4CC(O)(O)CCC4(C)C3CCC12C. The van der Waals surface area contributed by atoms with Crippen LogP contribution in [0.25, 0.3) is 0 Å². The normalized spacial score (nSPS) is 43.9. The molecule has 0 aromatic rings. The summed E-state index contributed by atoms with van der Waals surface area (Å²) in [6.07, 6.45) is 14.9. The number of hydrogen-bond acceptors (Lipinski definition) is 6. The van der Waals surface area contributed by atoms with Crippen LogP contribution in [-0.4, -0.2) is 45.1 Å². The van der Waals surface area contributed by atoms with Crippen LogP contribution in [-0.2, 0) is 9.53 Å². The molecule has 0 bridgehead atoms. The van der Waals surface area contributed by atoms with E-state index in [-0.39, 0.29) is 17.3 Å². The standard InChI is InChI=1S/C25H42O4.C7H14O2/c1-16(5-10-22(26)29-4)19-8-9-20-18-7-6-17-15-25(27,28)14-13-23(17,2)21(18)11-12-24(19,20)3;1-6-4-2-3-5-7(6,8)9/h16-21,27-28H,5-15H2,1-4H3;6,8-9H,2-5H2,1H3. The van der Waals surface area contributed by atoms with Crippen LogP contribution in [0.5, 0.6) is 0 Å². The van der Waals surface area contributed by atoms with E-state index in [1.165, 1.54) is 39.2 Å². The van der Waals surface area contributed by atoms with Crippen molar-refractivity contribution >= 4 is 5.97 Å². The van der Waals surface area contributed by atoms with E-state index < -0.39 is 11.6 Å². The van der Waals surface area contributed by atoms with Crippen molar-refractivity contribution in [1.82, 2.24) is 0 Å². The lowest BCUT2D eigenvalue weighted by Crippen LogP contribution is -2.56. The minimum atomic E-state index is -1.44. The Kier molecular flexibility index (Phi) is 9.00. The van der Waals surface area contributed by atoms with Crippen LogP contribution < -0.4 is 0 Å². The summed E-state index contributed by atoms with van der Waals surface area (Å²) in [5.41, 5.74) is 0.695. The van der Waals surface area contributed by atoms with Crippen molar-refractivity contribution in [2.24, 2.45) is 52.3 Å². The highest BCUT2D eigenvalue weighted by molar-refractivity contribution is 5.69. The molecule has 9 unspecified atom stereocenters. The lowest BCUT2D eigenvalue weighted by Gasteiger charge is -2.61. The second-order valence-electron chi connectivity index (χ2n) is 14.7. The minimum Gasteiger partial charge on any atom is -0.469 e. The number of aliphatic hydroxyl groups is 4. The van der Waals surface area contributed by atoms with Crippen LogP contribution in [0, 0.1) is 52.3 Å². The fourth-order valence-corrected chi connectivity index (χ4v) is 10.2. The van der Waals surface area contributed by atoms with Crippen molar-refractivity contribution in [3.63, 3.8) is 0 Å². The van der Waals surface area contributed by atoms with Gasteiger partial charge >= 0.3 is 5.97 Å². The number of rotatable bonds is 4. The Balaban J connectivity index is 0.000000317. The van der Waals surface area contributed by atoms with Crippen molar-refractivity contribution in [3.05, 3.63) is 0 Å². The molecule has 0 saturated heterocycles. The van der Waals surface area contributed by atoms with Gasteiger partial charge in [0.1, 0.15) is 0 Å². The minimum absolute atomic E-state index is 0.0613. The first kappa shape index (κ1) is 30.3. The van der Waals surface area contributed by atoms with Gasteiger partial charge in [0.25, 0.3) is 0 Å². The van der Waals surface area contributed by atoms with Crippen LogP contribution in [0.1, 0.15) is 124 Å². The molecular formula is C32H56O6. The van der Waals surface area contributed by atoms with Gasteiger partial charge in [0, 0.05) is 31.6 Å². The largest absolute Gasteiger partial charge is 0.469 e. The van der Waals surface area contributed by atoms with E-state index in [0.29, 0.717) is 42.9 Å². The number of hydrogen-bond donors (Lipinski definition) is 4. The van der Waals surface area contributed by atoms with Crippen molar-refractivity contribution in [2.45, 2.75) is 136 Å². The number of carbonyl (C=O) groups excluding carboxylic acids is 1. The molecule has 220 valence electrons. The number of fused-ring (bicyclic) bond motifs is 5. The molecule has 0 amide bonds. The van der Waals surface area contributed by atoms with Gasteiger partial charge in [-0.1, -0.05) is 34.1 Å². The Bertz CT molecular complexity index is 825. The Labute approximate surface area is 230 Å². The quantitative estimate of drug-likeness (QED) is 0.267. The molecule has 0 aliphatic heterocycles. The molecule has 5 fully saturated rings.